The first kappa shape index (κ1) is 34.6. The Balaban J connectivity index is 0.000000553. The molecule has 224 valence electrons. The van der Waals surface area contributed by atoms with E-state index in [1.165, 1.54) is 134 Å². The lowest BCUT2D eigenvalue weighted by Gasteiger charge is -2.24. The molecular weight excluding hydrogens is 492 g/mol. The van der Waals surface area contributed by atoms with Gasteiger partial charge in [-0.1, -0.05) is 163 Å². The van der Waals surface area contributed by atoms with Crippen molar-refractivity contribution in [2.45, 2.75) is 131 Å². The van der Waals surface area contributed by atoms with Gasteiger partial charge in [0, 0.05) is 0 Å². The third-order valence-electron chi connectivity index (χ3n) is 8.62. The molecule has 3 rings (SSSR count). The van der Waals surface area contributed by atoms with Crippen molar-refractivity contribution in [3.63, 3.8) is 0 Å². The fourth-order valence-electron chi connectivity index (χ4n) is 6.08. The van der Waals surface area contributed by atoms with Crippen molar-refractivity contribution in [3.8, 4) is 0 Å². The average Bonchev–Trinajstić information content (AvgIpc) is 2.99. The number of allylic oxidation sites excluding steroid dienone is 7. The summed E-state index contributed by atoms with van der Waals surface area (Å²) in [7, 11) is 0. The molecular formula is C41H60. The first-order valence-corrected chi connectivity index (χ1v) is 16.7. The molecule has 1 aliphatic rings. The molecule has 0 bridgehead atoms. The third-order valence-corrected chi connectivity index (χ3v) is 8.62. The van der Waals surface area contributed by atoms with Crippen molar-refractivity contribution < 1.29 is 0 Å². The lowest BCUT2D eigenvalue weighted by atomic mass is 9.81. The smallest absolute Gasteiger partial charge is 0.0119 e. The summed E-state index contributed by atoms with van der Waals surface area (Å²) in [5, 5.41) is 0. The maximum absolute atomic E-state index is 4.22. The Morgan fingerprint density at radius 3 is 2.17 bits per heavy atom. The molecule has 0 amide bonds. The van der Waals surface area contributed by atoms with E-state index >= 15 is 0 Å². The van der Waals surface area contributed by atoms with Gasteiger partial charge in [0.2, 0.25) is 0 Å². The Morgan fingerprint density at radius 2 is 1.54 bits per heavy atom. The minimum atomic E-state index is 0.842. The van der Waals surface area contributed by atoms with Crippen molar-refractivity contribution >= 4 is 5.57 Å². The molecule has 0 aromatic heterocycles. The Bertz CT molecular complexity index is 1100. The van der Waals surface area contributed by atoms with E-state index in [9.17, 15) is 0 Å². The molecule has 0 heteroatoms. The summed E-state index contributed by atoms with van der Waals surface area (Å²) in [4.78, 5) is 0. The van der Waals surface area contributed by atoms with E-state index in [2.05, 4.69) is 115 Å². The van der Waals surface area contributed by atoms with Crippen LogP contribution >= 0.6 is 0 Å². The molecule has 2 aromatic carbocycles. The van der Waals surface area contributed by atoms with Crippen molar-refractivity contribution in [1.29, 1.82) is 0 Å². The van der Waals surface area contributed by atoms with Crippen LogP contribution in [0.5, 0.6) is 0 Å². The van der Waals surface area contributed by atoms with Crippen LogP contribution in [0.2, 0.25) is 0 Å². The zero-order valence-corrected chi connectivity index (χ0v) is 27.5. The van der Waals surface area contributed by atoms with Gasteiger partial charge in [-0.05, 0) is 92.7 Å². The van der Waals surface area contributed by atoms with Gasteiger partial charge in [-0.15, -0.1) is 0 Å². The summed E-state index contributed by atoms with van der Waals surface area (Å²) in [5.74, 6) is 0.842. The molecule has 0 unspecified atom stereocenters. The maximum Gasteiger partial charge on any atom is -0.0119 e. The molecule has 0 heterocycles. The lowest BCUT2D eigenvalue weighted by Crippen LogP contribution is -2.08. The maximum atomic E-state index is 4.22. The van der Waals surface area contributed by atoms with Gasteiger partial charge in [0.15, 0.2) is 0 Å². The molecule has 2 aromatic rings. The van der Waals surface area contributed by atoms with Gasteiger partial charge in [-0.2, -0.15) is 0 Å². The number of unbranched alkanes of at least 4 members (excludes halogenated alkanes) is 4. The first-order valence-electron chi connectivity index (χ1n) is 16.7. The minimum Gasteiger partial charge on any atom is -0.0984 e. The van der Waals surface area contributed by atoms with Crippen LogP contribution in [-0.4, -0.2) is 0 Å². The second-order valence-electron chi connectivity index (χ2n) is 12.2. The highest BCUT2D eigenvalue weighted by atomic mass is 14.2. The first-order chi connectivity index (χ1) is 19.9. The van der Waals surface area contributed by atoms with Crippen LogP contribution in [-0.2, 0) is 12.8 Å². The number of aryl methyl sites for hydroxylation is 3. The quantitative estimate of drug-likeness (QED) is 0.161. The predicted octanol–water partition coefficient (Wildman–Crippen LogP) is 13.0. The van der Waals surface area contributed by atoms with Gasteiger partial charge in [-0.25, -0.2) is 0 Å². The highest BCUT2D eigenvalue weighted by Crippen LogP contribution is 2.37. The van der Waals surface area contributed by atoms with Crippen LogP contribution in [0.25, 0.3) is 5.57 Å². The Kier molecular flexibility index (Phi) is 17.1. The highest BCUT2D eigenvalue weighted by Gasteiger charge is 2.18. The zero-order valence-electron chi connectivity index (χ0n) is 27.5. The average molecular weight is 553 g/mol. The van der Waals surface area contributed by atoms with E-state index in [4.69, 9.17) is 0 Å². The molecule has 41 heavy (non-hydrogen) atoms. The topological polar surface area (TPSA) is 0 Å². The van der Waals surface area contributed by atoms with Crippen molar-refractivity contribution in [1.82, 2.24) is 0 Å². The molecule has 0 atom stereocenters. The molecule has 0 radical (unpaired) electrons. The fraction of sp³-hybridized carbons (Fsp3) is 0.512. The number of hydrogen-bond acceptors (Lipinski definition) is 0. The van der Waals surface area contributed by atoms with Crippen molar-refractivity contribution in [2.75, 3.05) is 0 Å². The number of hydrogen-bond donors (Lipinski definition) is 0. The molecule has 0 nitrogen and oxygen atoms in total. The molecule has 0 aliphatic heterocycles. The zero-order chi connectivity index (χ0) is 29.9. The van der Waals surface area contributed by atoms with E-state index in [1.807, 2.05) is 0 Å². The van der Waals surface area contributed by atoms with Crippen molar-refractivity contribution in [2.24, 2.45) is 5.92 Å². The normalized spacial score (nSPS) is 15.2. The van der Waals surface area contributed by atoms with Crippen LogP contribution in [0.4, 0.5) is 0 Å². The van der Waals surface area contributed by atoms with Gasteiger partial charge < -0.3 is 0 Å². The SMILES string of the molecule is C=CC(=C\C(C)=C/C)/C(=C(\C)CC1CCCCC1)c1cc(CCCCCCC)ccc1C.CCCc1ccccc1. The van der Waals surface area contributed by atoms with E-state index < -0.39 is 0 Å². The predicted molar refractivity (Wildman–Crippen MR) is 186 cm³/mol. The second kappa shape index (κ2) is 20.3. The van der Waals surface area contributed by atoms with Gasteiger partial charge >= 0.3 is 0 Å². The van der Waals surface area contributed by atoms with Crippen LogP contribution in [0.1, 0.15) is 134 Å². The molecule has 1 fully saturated rings. The van der Waals surface area contributed by atoms with E-state index in [-0.39, 0.29) is 0 Å². The van der Waals surface area contributed by atoms with Crippen molar-refractivity contribution in [3.05, 3.63) is 112 Å². The Hall–Kier alpha value is -2.60. The fourth-order valence-corrected chi connectivity index (χ4v) is 6.08. The lowest BCUT2D eigenvalue weighted by molar-refractivity contribution is 0.356. The largest absolute Gasteiger partial charge is 0.0984 e. The summed E-state index contributed by atoms with van der Waals surface area (Å²) in [6.45, 7) is 17.7. The highest BCUT2D eigenvalue weighted by molar-refractivity contribution is 5.86. The molecule has 1 saturated carbocycles. The summed E-state index contributed by atoms with van der Waals surface area (Å²) in [5.41, 5.74) is 11.3. The van der Waals surface area contributed by atoms with E-state index in [0.717, 1.165) is 5.92 Å². The molecule has 1 aliphatic carbocycles. The van der Waals surface area contributed by atoms with Crippen LogP contribution in [0.15, 0.2) is 90.1 Å². The standard InChI is InChI=1S/C32H48.C9H12/c1-7-10-11-12-14-19-29-21-20-26(5)31(24-29)32(30(9-3)22-25(4)8-2)27(6)23-28-17-15-13-16-18-28;1-2-6-9-7-4-3-5-8-9/h8-9,20-22,24,28H,3,7,10-19,23H2,1-2,4-6H3;3-5,7-8H,2,6H2,1H3/b25-8-,30-22+,32-27-;. The van der Waals surface area contributed by atoms with E-state index in [1.54, 1.807) is 0 Å². The molecule has 0 N–H and O–H groups in total. The summed E-state index contributed by atoms with van der Waals surface area (Å²) >= 11 is 0. The summed E-state index contributed by atoms with van der Waals surface area (Å²) in [6.07, 6.45) is 25.1. The van der Waals surface area contributed by atoms with Gasteiger partial charge in [0.1, 0.15) is 0 Å². The summed E-state index contributed by atoms with van der Waals surface area (Å²) in [6, 6.07) is 17.7. The van der Waals surface area contributed by atoms with Crippen LogP contribution in [0.3, 0.4) is 0 Å². The molecule has 0 saturated heterocycles. The summed E-state index contributed by atoms with van der Waals surface area (Å²) < 4.78 is 0. The number of rotatable bonds is 14. The Labute approximate surface area is 254 Å². The monoisotopic (exact) mass is 552 g/mol. The van der Waals surface area contributed by atoms with E-state index in [0.29, 0.717) is 0 Å². The molecule has 0 spiro atoms. The van der Waals surface area contributed by atoms with Gasteiger partial charge in [0.05, 0.1) is 0 Å². The Morgan fingerprint density at radius 1 is 0.829 bits per heavy atom. The minimum absolute atomic E-state index is 0.842. The van der Waals surface area contributed by atoms with Gasteiger partial charge in [-0.3, -0.25) is 0 Å². The van der Waals surface area contributed by atoms with Crippen LogP contribution in [0, 0.1) is 12.8 Å². The third kappa shape index (κ3) is 12.8. The number of benzene rings is 2. The van der Waals surface area contributed by atoms with Gasteiger partial charge in [0.25, 0.3) is 0 Å². The van der Waals surface area contributed by atoms with Crippen LogP contribution < -0.4 is 0 Å². The second-order valence-corrected chi connectivity index (χ2v) is 12.2.